The van der Waals surface area contributed by atoms with Gasteiger partial charge in [0.1, 0.15) is 17.3 Å². The molecule has 1 aliphatic carbocycles. The Kier molecular flexibility index (Phi) is 7.39. The fourth-order valence-corrected chi connectivity index (χ4v) is 4.29. The lowest BCUT2D eigenvalue weighted by molar-refractivity contribution is 0.0387. The van der Waals surface area contributed by atoms with Gasteiger partial charge in [0.2, 0.25) is 5.96 Å². The molecule has 4 N–H and O–H groups in total. The Balaban J connectivity index is 1.49. The Bertz CT molecular complexity index is 901. The second-order valence-electron chi connectivity index (χ2n) is 8.16. The predicted octanol–water partition coefficient (Wildman–Crippen LogP) is 2.44. The van der Waals surface area contributed by atoms with Gasteiger partial charge in [-0.25, -0.2) is 14.4 Å². The van der Waals surface area contributed by atoms with Gasteiger partial charge in [0.15, 0.2) is 5.84 Å². The Labute approximate surface area is 188 Å². The number of benzene rings is 1. The maximum Gasteiger partial charge on any atom is 0.210 e. The first-order valence-electron chi connectivity index (χ1n) is 11.3. The fraction of sp³-hybridized carbons (Fsp3) is 0.478. The molecule has 3 aliphatic rings. The zero-order chi connectivity index (χ0) is 22.3. The minimum atomic E-state index is -0.334. The third-order valence-corrected chi connectivity index (χ3v) is 5.98. The lowest BCUT2D eigenvalue weighted by Gasteiger charge is -2.28. The molecule has 2 aliphatic heterocycles. The number of nitrogens with two attached hydrogens (primary N) is 1. The molecule has 0 spiro atoms. The number of nitrogens with one attached hydrogen (secondary N) is 2. The van der Waals surface area contributed by atoms with Crippen LogP contribution >= 0.6 is 0 Å². The SMILES string of the molecule is C=C(/N=C1\C(=C/N)N=C(Nc2ccccc2F)N1C1CCCC1)NCCN1CCOCC1. The molecule has 0 amide bonds. The Morgan fingerprint density at radius 3 is 2.75 bits per heavy atom. The molecule has 2 fully saturated rings. The van der Waals surface area contributed by atoms with Crippen LogP contribution in [0.4, 0.5) is 10.1 Å². The lowest BCUT2D eigenvalue weighted by Crippen LogP contribution is -2.43. The molecule has 0 radical (unpaired) electrons. The highest BCUT2D eigenvalue weighted by atomic mass is 19.1. The zero-order valence-corrected chi connectivity index (χ0v) is 18.4. The molecule has 1 aromatic rings. The van der Waals surface area contributed by atoms with E-state index in [1.165, 1.54) is 12.3 Å². The highest BCUT2D eigenvalue weighted by Crippen LogP contribution is 2.30. The van der Waals surface area contributed by atoms with E-state index in [1.807, 2.05) is 4.90 Å². The van der Waals surface area contributed by atoms with Crippen molar-refractivity contribution in [1.29, 1.82) is 0 Å². The van der Waals surface area contributed by atoms with Crippen LogP contribution in [0, 0.1) is 5.82 Å². The number of rotatable bonds is 7. The molecule has 172 valence electrons. The van der Waals surface area contributed by atoms with E-state index in [4.69, 9.17) is 15.5 Å². The maximum atomic E-state index is 14.3. The first-order valence-corrected chi connectivity index (χ1v) is 11.3. The number of hydrogen-bond acceptors (Lipinski definition) is 7. The molecule has 8 nitrogen and oxygen atoms in total. The molecule has 32 heavy (non-hydrogen) atoms. The van der Waals surface area contributed by atoms with Crippen molar-refractivity contribution in [3.05, 3.63) is 54.4 Å². The minimum Gasteiger partial charge on any atom is -0.403 e. The lowest BCUT2D eigenvalue weighted by atomic mass is 10.2. The number of morpholine rings is 1. The van der Waals surface area contributed by atoms with Crippen LogP contribution in [0.5, 0.6) is 0 Å². The topological polar surface area (TPSA) is 90.5 Å². The summed E-state index contributed by atoms with van der Waals surface area (Å²) in [5, 5.41) is 6.44. The van der Waals surface area contributed by atoms with Gasteiger partial charge in [-0.1, -0.05) is 31.6 Å². The summed E-state index contributed by atoms with van der Waals surface area (Å²) in [7, 11) is 0. The molecule has 0 unspecified atom stereocenters. The number of ether oxygens (including phenoxy) is 1. The van der Waals surface area contributed by atoms with E-state index in [0.717, 1.165) is 65.1 Å². The number of guanidine groups is 1. The molecule has 1 aromatic carbocycles. The summed E-state index contributed by atoms with van der Waals surface area (Å²) < 4.78 is 19.7. The summed E-state index contributed by atoms with van der Waals surface area (Å²) >= 11 is 0. The van der Waals surface area contributed by atoms with Crippen LogP contribution < -0.4 is 16.4 Å². The number of nitrogens with zero attached hydrogens (tertiary/aromatic N) is 4. The van der Waals surface area contributed by atoms with Gasteiger partial charge in [-0.3, -0.25) is 9.80 Å². The first kappa shape index (κ1) is 22.3. The number of hydrogen-bond donors (Lipinski definition) is 3. The van der Waals surface area contributed by atoms with Gasteiger partial charge in [0, 0.05) is 38.4 Å². The monoisotopic (exact) mass is 441 g/mol. The third kappa shape index (κ3) is 5.28. The highest BCUT2D eigenvalue weighted by molar-refractivity contribution is 6.18. The van der Waals surface area contributed by atoms with Crippen molar-refractivity contribution in [3.63, 3.8) is 0 Å². The van der Waals surface area contributed by atoms with Gasteiger partial charge in [0.05, 0.1) is 18.9 Å². The van der Waals surface area contributed by atoms with Crippen LogP contribution in [-0.2, 0) is 4.74 Å². The normalized spacial score (nSPS) is 22.5. The molecule has 0 atom stereocenters. The maximum absolute atomic E-state index is 14.3. The summed E-state index contributed by atoms with van der Waals surface area (Å²) in [5.74, 6) is 1.40. The van der Waals surface area contributed by atoms with E-state index in [2.05, 4.69) is 27.1 Å². The second-order valence-corrected chi connectivity index (χ2v) is 8.16. The molecule has 0 aromatic heterocycles. The van der Waals surface area contributed by atoms with Crippen molar-refractivity contribution < 1.29 is 9.13 Å². The van der Waals surface area contributed by atoms with Crippen LogP contribution in [0.25, 0.3) is 0 Å². The van der Waals surface area contributed by atoms with Crippen molar-refractivity contribution >= 4 is 17.5 Å². The number of amidine groups is 1. The van der Waals surface area contributed by atoms with Crippen molar-refractivity contribution in [2.24, 2.45) is 15.7 Å². The van der Waals surface area contributed by atoms with E-state index in [-0.39, 0.29) is 11.9 Å². The van der Waals surface area contributed by atoms with E-state index >= 15 is 0 Å². The Morgan fingerprint density at radius 2 is 2.03 bits per heavy atom. The van der Waals surface area contributed by atoms with Gasteiger partial charge in [-0.05, 0) is 25.0 Å². The van der Waals surface area contributed by atoms with E-state index in [9.17, 15) is 4.39 Å². The van der Waals surface area contributed by atoms with Crippen LogP contribution in [0.3, 0.4) is 0 Å². The second kappa shape index (κ2) is 10.6. The molecule has 0 bridgehead atoms. The average Bonchev–Trinajstić information content (AvgIpc) is 3.44. The molecular formula is C23H32FN7O. The Morgan fingerprint density at radius 1 is 1.28 bits per heavy atom. The smallest absolute Gasteiger partial charge is 0.210 e. The summed E-state index contributed by atoms with van der Waals surface area (Å²) in [6.45, 7) is 9.16. The van der Waals surface area contributed by atoms with Crippen molar-refractivity contribution in [3.8, 4) is 0 Å². The summed E-state index contributed by atoms with van der Waals surface area (Å²) in [6, 6.07) is 6.79. The van der Waals surface area contributed by atoms with Gasteiger partial charge in [-0.2, -0.15) is 0 Å². The number of para-hydroxylation sites is 1. The fourth-order valence-electron chi connectivity index (χ4n) is 4.29. The quantitative estimate of drug-likeness (QED) is 0.602. The molecule has 2 heterocycles. The average molecular weight is 442 g/mol. The largest absolute Gasteiger partial charge is 0.403 e. The molecule has 9 heteroatoms. The highest BCUT2D eigenvalue weighted by Gasteiger charge is 2.36. The van der Waals surface area contributed by atoms with E-state index in [1.54, 1.807) is 18.2 Å². The molecular weight excluding hydrogens is 409 g/mol. The number of aliphatic imine (C=N–C) groups is 2. The van der Waals surface area contributed by atoms with Crippen LogP contribution in [-0.4, -0.2) is 67.0 Å². The third-order valence-electron chi connectivity index (χ3n) is 5.98. The van der Waals surface area contributed by atoms with Gasteiger partial charge in [-0.15, -0.1) is 0 Å². The van der Waals surface area contributed by atoms with Crippen LogP contribution in [0.2, 0.25) is 0 Å². The van der Waals surface area contributed by atoms with Gasteiger partial charge < -0.3 is 21.1 Å². The molecule has 1 saturated heterocycles. The standard InChI is InChI=1S/C23H32FN7O/c1-17(26-10-11-30-12-14-32-15-13-30)27-22-21(16-25)29-23(31(22)18-6-2-3-7-18)28-20-9-5-4-8-19(20)24/h4-5,8-9,16,18,26H,1-3,6-7,10-15,25H2,(H,28,29)/b21-16+,27-22+. The van der Waals surface area contributed by atoms with Crippen molar-refractivity contribution in [1.82, 2.24) is 15.1 Å². The van der Waals surface area contributed by atoms with Gasteiger partial charge in [0.25, 0.3) is 0 Å². The zero-order valence-electron chi connectivity index (χ0n) is 18.4. The van der Waals surface area contributed by atoms with Crippen molar-refractivity contribution in [2.75, 3.05) is 44.7 Å². The van der Waals surface area contributed by atoms with Crippen LogP contribution in [0.15, 0.2) is 58.5 Å². The van der Waals surface area contributed by atoms with E-state index < -0.39 is 0 Å². The summed E-state index contributed by atoms with van der Waals surface area (Å²) in [6.07, 6.45) is 5.76. The summed E-state index contributed by atoms with van der Waals surface area (Å²) in [4.78, 5) is 13.8. The predicted molar refractivity (Wildman–Crippen MR) is 126 cm³/mol. The van der Waals surface area contributed by atoms with Gasteiger partial charge >= 0.3 is 0 Å². The molecule has 1 saturated carbocycles. The number of anilines is 1. The number of halogens is 1. The summed E-state index contributed by atoms with van der Waals surface area (Å²) in [5.41, 5.74) is 6.81. The first-order chi connectivity index (χ1) is 15.7. The van der Waals surface area contributed by atoms with Crippen LogP contribution in [0.1, 0.15) is 25.7 Å². The minimum absolute atomic E-state index is 0.227. The van der Waals surface area contributed by atoms with E-state index in [0.29, 0.717) is 29.0 Å². The van der Waals surface area contributed by atoms with Crippen molar-refractivity contribution in [2.45, 2.75) is 31.7 Å². The Hall–Kier alpha value is -2.91. The molecule has 4 rings (SSSR count).